The minimum atomic E-state index is -4.17. The van der Waals surface area contributed by atoms with Crippen LogP contribution in [0.5, 0.6) is 11.5 Å². The summed E-state index contributed by atoms with van der Waals surface area (Å²) in [5, 5.41) is 7.25. The summed E-state index contributed by atoms with van der Waals surface area (Å²) >= 11 is 0. The van der Waals surface area contributed by atoms with Gasteiger partial charge < -0.3 is 14.2 Å². The molecule has 5 aromatic rings. The first-order valence-corrected chi connectivity index (χ1v) is 15.7. The van der Waals surface area contributed by atoms with Crippen molar-refractivity contribution in [3.63, 3.8) is 0 Å². The normalized spacial score (nSPS) is 17.7. The van der Waals surface area contributed by atoms with Crippen molar-refractivity contribution in [3.8, 4) is 11.5 Å². The van der Waals surface area contributed by atoms with E-state index in [1.807, 2.05) is 30.3 Å². The van der Waals surface area contributed by atoms with Gasteiger partial charge in [0.25, 0.3) is 0 Å². The van der Waals surface area contributed by atoms with Crippen molar-refractivity contribution >= 4 is 48.7 Å². The summed E-state index contributed by atoms with van der Waals surface area (Å²) in [5.74, 6) is 0.449. The maximum Gasteiger partial charge on any atom is 0.339 e. The molecule has 1 atom stereocenters. The van der Waals surface area contributed by atoms with Crippen molar-refractivity contribution in [2.24, 2.45) is 5.41 Å². The lowest BCUT2D eigenvalue weighted by Crippen LogP contribution is -2.33. The van der Waals surface area contributed by atoms with E-state index in [1.165, 1.54) is 13.2 Å². The van der Waals surface area contributed by atoms with Gasteiger partial charge in [-0.1, -0.05) is 86.6 Å². The topological polar surface area (TPSA) is 81.7 Å². The molecule has 0 fully saturated rings. The van der Waals surface area contributed by atoms with Gasteiger partial charge in [-0.25, -0.2) is 0 Å². The highest BCUT2D eigenvalue weighted by Crippen LogP contribution is 2.52. The number of allylic oxidation sites excluding steroid dienone is 1. The Morgan fingerprint density at radius 3 is 2.26 bits per heavy atom. The zero-order valence-corrected chi connectivity index (χ0v) is 25.0. The molecule has 0 aromatic heterocycles. The number of benzene rings is 5. The lowest BCUT2D eigenvalue weighted by molar-refractivity contribution is -0.118. The standard InChI is InChI=1S/C36H31NO5S/c1-36(2)20-27-33-26-13-7-5-10-23(26)15-17-28(33)37-35(34(27)29(38)21-36)24-16-18-30(31(19-24)41-3)42-43(39,40)32-14-8-11-22-9-4-6-12-25(22)32/h4-19,35,37H,20-21H2,1-3H3/t35-/m1/s1. The van der Waals surface area contributed by atoms with Crippen LogP contribution in [0.4, 0.5) is 5.69 Å². The van der Waals surface area contributed by atoms with E-state index in [2.05, 4.69) is 43.4 Å². The van der Waals surface area contributed by atoms with Crippen LogP contribution in [-0.4, -0.2) is 21.3 Å². The number of carbonyl (C=O) groups excluding carboxylic acids is 1. The van der Waals surface area contributed by atoms with Crippen LogP contribution < -0.4 is 14.2 Å². The van der Waals surface area contributed by atoms with Crippen molar-refractivity contribution in [1.29, 1.82) is 0 Å². The van der Waals surface area contributed by atoms with Gasteiger partial charge in [0.15, 0.2) is 17.3 Å². The van der Waals surface area contributed by atoms with Gasteiger partial charge in [0.1, 0.15) is 4.90 Å². The molecule has 1 aliphatic carbocycles. The van der Waals surface area contributed by atoms with Gasteiger partial charge in [-0.15, -0.1) is 0 Å². The summed E-state index contributed by atoms with van der Waals surface area (Å²) in [6.45, 7) is 4.28. The Hall–Kier alpha value is -4.62. The minimum absolute atomic E-state index is 0.0756. The molecule has 2 aliphatic rings. The predicted octanol–water partition coefficient (Wildman–Crippen LogP) is 8.08. The Morgan fingerprint density at radius 1 is 0.791 bits per heavy atom. The SMILES string of the molecule is COc1cc([C@H]2Nc3ccc4ccccc4c3C3=C2C(=O)CC(C)(C)C3)ccc1OS(=O)(=O)c1cccc2ccccc12. The Labute approximate surface area is 251 Å². The van der Waals surface area contributed by atoms with E-state index in [1.54, 1.807) is 36.4 Å². The molecular formula is C36H31NO5S. The van der Waals surface area contributed by atoms with Gasteiger partial charge >= 0.3 is 10.1 Å². The van der Waals surface area contributed by atoms with Gasteiger partial charge in [0.2, 0.25) is 0 Å². The molecule has 7 rings (SSSR count). The first-order chi connectivity index (χ1) is 20.6. The third kappa shape index (κ3) is 4.64. The Kier molecular flexibility index (Phi) is 6.32. The molecule has 0 unspecified atom stereocenters. The first kappa shape index (κ1) is 27.2. The summed E-state index contributed by atoms with van der Waals surface area (Å²) in [5.41, 5.74) is 4.48. The number of ether oxygens (including phenoxy) is 1. The van der Waals surface area contributed by atoms with E-state index in [9.17, 15) is 13.2 Å². The van der Waals surface area contributed by atoms with Crippen LogP contribution in [0.1, 0.15) is 43.9 Å². The lowest BCUT2D eigenvalue weighted by atomic mass is 9.68. The molecule has 6 nitrogen and oxygen atoms in total. The Morgan fingerprint density at radius 2 is 1.49 bits per heavy atom. The van der Waals surface area contributed by atoms with Gasteiger partial charge in [-0.3, -0.25) is 4.79 Å². The average Bonchev–Trinajstić information content (AvgIpc) is 2.99. The van der Waals surface area contributed by atoms with E-state index in [4.69, 9.17) is 8.92 Å². The van der Waals surface area contributed by atoms with Crippen molar-refractivity contribution in [3.05, 3.63) is 114 Å². The third-order valence-electron chi connectivity index (χ3n) is 8.48. The van der Waals surface area contributed by atoms with Gasteiger partial charge in [-0.2, -0.15) is 8.42 Å². The quantitative estimate of drug-likeness (QED) is 0.209. The van der Waals surface area contributed by atoms with E-state index in [0.29, 0.717) is 11.8 Å². The molecular weight excluding hydrogens is 558 g/mol. The van der Waals surface area contributed by atoms with Crippen molar-refractivity contribution < 1.29 is 22.1 Å². The molecule has 1 heterocycles. The van der Waals surface area contributed by atoms with Crippen LogP contribution in [0, 0.1) is 5.41 Å². The molecule has 1 N–H and O–H groups in total. The highest BCUT2D eigenvalue weighted by atomic mass is 32.2. The molecule has 0 spiro atoms. The van der Waals surface area contributed by atoms with Crippen LogP contribution in [-0.2, 0) is 14.9 Å². The number of anilines is 1. The second-order valence-electron chi connectivity index (χ2n) is 12.0. The molecule has 0 bridgehead atoms. The number of hydrogen-bond donors (Lipinski definition) is 1. The molecule has 43 heavy (non-hydrogen) atoms. The lowest BCUT2D eigenvalue weighted by Gasteiger charge is -2.40. The monoisotopic (exact) mass is 589 g/mol. The fourth-order valence-electron chi connectivity index (χ4n) is 6.60. The molecule has 0 saturated carbocycles. The Balaban J connectivity index is 1.31. The molecule has 1 aliphatic heterocycles. The fourth-order valence-corrected chi connectivity index (χ4v) is 7.76. The maximum atomic E-state index is 13.8. The van der Waals surface area contributed by atoms with Crippen molar-refractivity contribution in [2.45, 2.75) is 37.6 Å². The number of methoxy groups -OCH3 is 1. The number of ketones is 1. The third-order valence-corrected chi connectivity index (χ3v) is 9.77. The molecule has 0 saturated heterocycles. The Bertz CT molecular complexity index is 2090. The van der Waals surface area contributed by atoms with E-state index < -0.39 is 16.2 Å². The van der Waals surface area contributed by atoms with Gasteiger partial charge in [-0.05, 0) is 63.4 Å². The second kappa shape index (κ2) is 9.99. The largest absolute Gasteiger partial charge is 0.493 e. The van der Waals surface area contributed by atoms with Gasteiger partial charge in [0.05, 0.1) is 13.2 Å². The number of Topliss-reactive ketones (excluding diaryl/α,β-unsaturated/α-hetero) is 1. The van der Waals surface area contributed by atoms with E-state index in [0.717, 1.165) is 50.5 Å². The van der Waals surface area contributed by atoms with Crippen LogP contribution in [0.2, 0.25) is 0 Å². The molecule has 5 aromatic carbocycles. The highest BCUT2D eigenvalue weighted by molar-refractivity contribution is 7.87. The van der Waals surface area contributed by atoms with Crippen LogP contribution in [0.3, 0.4) is 0 Å². The number of carbonyl (C=O) groups is 1. The summed E-state index contributed by atoms with van der Waals surface area (Å²) in [4.78, 5) is 13.9. The van der Waals surface area contributed by atoms with E-state index in [-0.39, 0.29) is 27.6 Å². The van der Waals surface area contributed by atoms with Crippen LogP contribution >= 0.6 is 0 Å². The summed E-state index contributed by atoms with van der Waals surface area (Å²) in [6, 6.07) is 29.5. The fraction of sp³-hybridized carbons (Fsp3) is 0.194. The number of fused-ring (bicyclic) bond motifs is 5. The maximum absolute atomic E-state index is 13.8. The van der Waals surface area contributed by atoms with Gasteiger partial charge in [0, 0.05) is 28.6 Å². The van der Waals surface area contributed by atoms with E-state index >= 15 is 0 Å². The molecule has 216 valence electrons. The van der Waals surface area contributed by atoms with Crippen LogP contribution in [0.15, 0.2) is 108 Å². The predicted molar refractivity (Wildman–Crippen MR) is 170 cm³/mol. The summed E-state index contributed by atoms with van der Waals surface area (Å²) in [7, 11) is -2.69. The highest BCUT2D eigenvalue weighted by Gasteiger charge is 2.41. The second-order valence-corrected chi connectivity index (χ2v) is 13.6. The van der Waals surface area contributed by atoms with Crippen molar-refractivity contribution in [1.82, 2.24) is 0 Å². The number of nitrogens with one attached hydrogen (secondary N) is 1. The first-order valence-electron chi connectivity index (χ1n) is 14.3. The number of hydrogen-bond acceptors (Lipinski definition) is 6. The molecule has 0 amide bonds. The van der Waals surface area contributed by atoms with Crippen LogP contribution in [0.25, 0.3) is 27.1 Å². The molecule has 7 heteroatoms. The zero-order valence-electron chi connectivity index (χ0n) is 24.2. The van der Waals surface area contributed by atoms with Crippen molar-refractivity contribution in [2.75, 3.05) is 12.4 Å². The molecule has 0 radical (unpaired) electrons. The minimum Gasteiger partial charge on any atom is -0.493 e. The summed E-state index contributed by atoms with van der Waals surface area (Å²) < 4.78 is 38.2. The zero-order chi connectivity index (χ0) is 29.9. The average molecular weight is 590 g/mol. The smallest absolute Gasteiger partial charge is 0.339 e. The number of rotatable bonds is 5. The summed E-state index contributed by atoms with van der Waals surface area (Å²) in [6.07, 6.45) is 1.22.